The molecule has 0 fully saturated rings. The van der Waals surface area contributed by atoms with Gasteiger partial charge >= 0.3 is 0 Å². The van der Waals surface area contributed by atoms with Crippen LogP contribution in [-0.2, 0) is 13.0 Å². The van der Waals surface area contributed by atoms with Crippen LogP contribution in [-0.4, -0.2) is 22.3 Å². The molecule has 0 bridgehead atoms. The number of carbonyl (C=O) groups is 1. The second-order valence-corrected chi connectivity index (χ2v) is 6.02. The lowest BCUT2D eigenvalue weighted by atomic mass is 10.00. The van der Waals surface area contributed by atoms with E-state index in [9.17, 15) is 4.79 Å². The van der Waals surface area contributed by atoms with Crippen molar-refractivity contribution in [3.05, 3.63) is 70.9 Å². The van der Waals surface area contributed by atoms with Gasteiger partial charge in [-0.15, -0.1) is 0 Å². The van der Waals surface area contributed by atoms with Crippen LogP contribution in [0.25, 0.3) is 10.9 Å². The zero-order chi connectivity index (χ0) is 15.1. The molecule has 1 aromatic heterocycles. The monoisotopic (exact) mass is 290 g/mol. The maximum atomic E-state index is 12.8. The van der Waals surface area contributed by atoms with Crippen LogP contribution in [0.1, 0.15) is 27.2 Å². The van der Waals surface area contributed by atoms with Crippen LogP contribution in [0.5, 0.6) is 0 Å². The van der Waals surface area contributed by atoms with Crippen LogP contribution >= 0.6 is 0 Å². The first-order valence-electron chi connectivity index (χ1n) is 7.66. The Kier molecular flexibility index (Phi) is 3.00. The summed E-state index contributed by atoms with van der Waals surface area (Å²) in [5.74, 6) is 0.0864. The first-order chi connectivity index (χ1) is 10.7. The van der Waals surface area contributed by atoms with Crippen LogP contribution in [0.2, 0.25) is 0 Å². The Bertz CT molecular complexity index is 863. The molecule has 1 amide bonds. The summed E-state index contributed by atoms with van der Waals surface area (Å²) in [6.07, 6.45) is 0.932. The van der Waals surface area contributed by atoms with Crippen molar-refractivity contribution in [3.8, 4) is 0 Å². The van der Waals surface area contributed by atoms with Crippen LogP contribution < -0.4 is 0 Å². The second-order valence-electron chi connectivity index (χ2n) is 6.02. The molecule has 0 saturated carbocycles. The summed E-state index contributed by atoms with van der Waals surface area (Å²) >= 11 is 0. The van der Waals surface area contributed by atoms with E-state index in [4.69, 9.17) is 0 Å². The molecular weight excluding hydrogens is 272 g/mol. The summed E-state index contributed by atoms with van der Waals surface area (Å²) in [5, 5.41) is 1.10. The second kappa shape index (κ2) is 5.02. The van der Waals surface area contributed by atoms with E-state index in [-0.39, 0.29) is 5.91 Å². The Hall–Kier alpha value is -2.55. The standard InChI is InChI=1S/C19H18N2O/c1-13-6-7-17-16(10-13)11-18(20-17)19(22)21-9-8-14-4-2-3-5-15(14)12-21/h2-7,10-11,20H,8-9,12H2,1H3. The normalized spacial score (nSPS) is 14.1. The Morgan fingerprint density at radius 3 is 2.77 bits per heavy atom. The number of aromatic nitrogens is 1. The van der Waals surface area contributed by atoms with Gasteiger partial charge in [0.05, 0.1) is 0 Å². The van der Waals surface area contributed by atoms with E-state index in [1.54, 1.807) is 0 Å². The number of hydrogen-bond acceptors (Lipinski definition) is 1. The zero-order valence-corrected chi connectivity index (χ0v) is 12.6. The minimum Gasteiger partial charge on any atom is -0.351 e. The van der Waals surface area contributed by atoms with E-state index in [2.05, 4.69) is 42.2 Å². The third-order valence-corrected chi connectivity index (χ3v) is 4.42. The molecule has 3 nitrogen and oxygen atoms in total. The predicted molar refractivity (Wildman–Crippen MR) is 87.9 cm³/mol. The number of nitrogens with zero attached hydrogens (tertiary/aromatic N) is 1. The van der Waals surface area contributed by atoms with Crippen molar-refractivity contribution in [1.29, 1.82) is 0 Å². The number of aromatic amines is 1. The van der Waals surface area contributed by atoms with Crippen LogP contribution in [0.15, 0.2) is 48.5 Å². The topological polar surface area (TPSA) is 36.1 Å². The van der Waals surface area contributed by atoms with E-state index in [0.29, 0.717) is 12.2 Å². The van der Waals surface area contributed by atoms with E-state index in [0.717, 1.165) is 23.9 Å². The summed E-state index contributed by atoms with van der Waals surface area (Å²) in [5.41, 5.74) is 5.52. The average molecular weight is 290 g/mol. The molecule has 110 valence electrons. The number of benzene rings is 2. The first kappa shape index (κ1) is 13.1. The smallest absolute Gasteiger partial charge is 0.270 e. The van der Waals surface area contributed by atoms with Crippen molar-refractivity contribution in [2.75, 3.05) is 6.54 Å². The molecule has 2 aromatic carbocycles. The molecule has 0 atom stereocenters. The lowest BCUT2D eigenvalue weighted by Gasteiger charge is -2.28. The fourth-order valence-electron chi connectivity index (χ4n) is 3.21. The fourth-order valence-corrected chi connectivity index (χ4v) is 3.21. The van der Waals surface area contributed by atoms with Crippen LogP contribution in [0.3, 0.4) is 0 Å². The molecule has 2 heterocycles. The van der Waals surface area contributed by atoms with Gasteiger partial charge in [0.15, 0.2) is 0 Å². The molecular formula is C19H18N2O. The first-order valence-corrected chi connectivity index (χ1v) is 7.66. The molecule has 0 spiro atoms. The highest BCUT2D eigenvalue weighted by Gasteiger charge is 2.22. The van der Waals surface area contributed by atoms with E-state index in [1.165, 1.54) is 16.7 Å². The third-order valence-electron chi connectivity index (χ3n) is 4.42. The molecule has 0 aliphatic carbocycles. The minimum absolute atomic E-state index is 0.0864. The molecule has 3 heteroatoms. The van der Waals surface area contributed by atoms with Crippen molar-refractivity contribution in [2.45, 2.75) is 19.9 Å². The van der Waals surface area contributed by atoms with Gasteiger partial charge in [0, 0.05) is 24.0 Å². The van der Waals surface area contributed by atoms with Crippen molar-refractivity contribution in [2.24, 2.45) is 0 Å². The van der Waals surface area contributed by atoms with Crippen molar-refractivity contribution in [3.63, 3.8) is 0 Å². The van der Waals surface area contributed by atoms with Crippen molar-refractivity contribution in [1.82, 2.24) is 9.88 Å². The predicted octanol–water partition coefficient (Wildman–Crippen LogP) is 3.67. The molecule has 1 aliphatic rings. The van der Waals surface area contributed by atoms with Crippen molar-refractivity contribution >= 4 is 16.8 Å². The average Bonchev–Trinajstić information content (AvgIpc) is 2.96. The Labute approximate surface area is 129 Å². The number of H-pyrrole nitrogens is 1. The maximum absolute atomic E-state index is 12.8. The molecule has 0 radical (unpaired) electrons. The third kappa shape index (κ3) is 2.19. The highest BCUT2D eigenvalue weighted by molar-refractivity contribution is 5.98. The SMILES string of the molecule is Cc1ccc2[nH]c(C(=O)N3CCc4ccccc4C3)cc2c1. The molecule has 22 heavy (non-hydrogen) atoms. The van der Waals surface area contributed by atoms with Gasteiger partial charge in [-0.2, -0.15) is 0 Å². The van der Waals surface area contributed by atoms with Gasteiger partial charge in [0.1, 0.15) is 5.69 Å². The number of amides is 1. The summed E-state index contributed by atoms with van der Waals surface area (Å²) in [4.78, 5) is 17.9. The van der Waals surface area contributed by atoms with Crippen molar-refractivity contribution < 1.29 is 4.79 Å². The molecule has 1 N–H and O–H groups in total. The van der Waals surface area contributed by atoms with Gasteiger partial charge in [-0.25, -0.2) is 0 Å². The largest absolute Gasteiger partial charge is 0.351 e. The van der Waals surface area contributed by atoms with Crippen LogP contribution in [0, 0.1) is 6.92 Å². The van der Waals surface area contributed by atoms with E-state index >= 15 is 0 Å². The highest BCUT2D eigenvalue weighted by atomic mass is 16.2. The van der Waals surface area contributed by atoms with Gasteiger partial charge in [-0.1, -0.05) is 35.9 Å². The molecule has 4 rings (SSSR count). The highest BCUT2D eigenvalue weighted by Crippen LogP contribution is 2.22. The van der Waals surface area contributed by atoms with Gasteiger partial charge in [0.25, 0.3) is 5.91 Å². The molecule has 1 aliphatic heterocycles. The van der Waals surface area contributed by atoms with Gasteiger partial charge in [0.2, 0.25) is 0 Å². The zero-order valence-electron chi connectivity index (χ0n) is 12.6. The summed E-state index contributed by atoms with van der Waals surface area (Å²) < 4.78 is 0. The molecule has 0 saturated heterocycles. The van der Waals surface area contributed by atoms with Gasteiger partial charge < -0.3 is 9.88 Å². The van der Waals surface area contributed by atoms with Crippen LogP contribution in [0.4, 0.5) is 0 Å². The Balaban J connectivity index is 1.64. The Morgan fingerprint density at radius 1 is 1.09 bits per heavy atom. The molecule has 0 unspecified atom stereocenters. The summed E-state index contributed by atoms with van der Waals surface area (Å²) in [7, 11) is 0. The fraction of sp³-hybridized carbons (Fsp3) is 0.211. The number of aryl methyl sites for hydroxylation is 1. The molecule has 3 aromatic rings. The lowest BCUT2D eigenvalue weighted by Crippen LogP contribution is -2.36. The van der Waals surface area contributed by atoms with Gasteiger partial charge in [-0.3, -0.25) is 4.79 Å². The number of nitrogens with one attached hydrogen (secondary N) is 1. The maximum Gasteiger partial charge on any atom is 0.270 e. The Morgan fingerprint density at radius 2 is 1.91 bits per heavy atom. The van der Waals surface area contributed by atoms with E-state index in [1.807, 2.05) is 23.1 Å². The summed E-state index contributed by atoms with van der Waals surface area (Å²) in [6, 6.07) is 16.5. The van der Waals surface area contributed by atoms with E-state index < -0.39 is 0 Å². The number of hydrogen-bond donors (Lipinski definition) is 1. The van der Waals surface area contributed by atoms with Gasteiger partial charge in [-0.05, 0) is 42.7 Å². The number of carbonyl (C=O) groups excluding carboxylic acids is 1. The number of rotatable bonds is 1. The summed E-state index contributed by atoms with van der Waals surface area (Å²) in [6.45, 7) is 3.54. The minimum atomic E-state index is 0.0864. The number of fused-ring (bicyclic) bond motifs is 2. The quantitative estimate of drug-likeness (QED) is 0.729. The lowest BCUT2D eigenvalue weighted by molar-refractivity contribution is 0.0730.